The molecule has 1 amide bonds. The topological polar surface area (TPSA) is 46.6 Å². The van der Waals surface area contributed by atoms with Crippen LogP contribution in [0.4, 0.5) is 5.69 Å². The first-order chi connectivity index (χ1) is 9.67. The van der Waals surface area contributed by atoms with Crippen molar-refractivity contribution in [3.8, 4) is 5.75 Å². The quantitative estimate of drug-likeness (QED) is 0.776. The van der Waals surface area contributed by atoms with Gasteiger partial charge in [-0.15, -0.1) is 0 Å². The first-order valence-corrected chi connectivity index (χ1v) is 7.24. The molecule has 1 aliphatic rings. The molecule has 1 atom stereocenters. The molecular weight excluding hydrogens is 254 g/mol. The molecule has 1 aromatic carbocycles. The summed E-state index contributed by atoms with van der Waals surface area (Å²) in [7, 11) is 0. The van der Waals surface area contributed by atoms with E-state index in [-0.39, 0.29) is 11.7 Å². The number of amides is 1. The number of carbonyl (C=O) groups is 2. The van der Waals surface area contributed by atoms with Gasteiger partial charge in [-0.05, 0) is 44.0 Å². The lowest BCUT2D eigenvalue weighted by Crippen LogP contribution is -2.44. The Labute approximate surface area is 119 Å². The molecule has 4 heteroatoms. The van der Waals surface area contributed by atoms with Crippen LogP contribution in [0.1, 0.15) is 33.1 Å². The van der Waals surface area contributed by atoms with E-state index in [0.29, 0.717) is 26.0 Å². The number of ether oxygens (including phenoxy) is 1. The summed E-state index contributed by atoms with van der Waals surface area (Å²) >= 11 is 0. The molecular formula is C16H21NO3. The van der Waals surface area contributed by atoms with Crippen molar-refractivity contribution in [2.75, 3.05) is 18.1 Å². The molecule has 1 fully saturated rings. The zero-order valence-corrected chi connectivity index (χ0v) is 12.1. The molecule has 0 N–H and O–H groups in total. The smallest absolute Gasteiger partial charge is 0.237 e. The fourth-order valence-corrected chi connectivity index (χ4v) is 2.57. The number of benzene rings is 1. The number of piperidine rings is 1. The van der Waals surface area contributed by atoms with Gasteiger partial charge in [0, 0.05) is 18.7 Å². The van der Waals surface area contributed by atoms with Crippen molar-refractivity contribution in [1.82, 2.24) is 0 Å². The molecule has 1 unspecified atom stereocenters. The minimum Gasteiger partial charge on any atom is -0.494 e. The molecule has 0 saturated carbocycles. The van der Waals surface area contributed by atoms with E-state index in [1.807, 2.05) is 38.1 Å². The van der Waals surface area contributed by atoms with Crippen LogP contribution in [-0.4, -0.2) is 24.8 Å². The summed E-state index contributed by atoms with van der Waals surface area (Å²) in [6, 6.07) is 7.47. The Bertz CT molecular complexity index is 481. The molecule has 1 aliphatic heterocycles. The molecule has 0 aromatic heterocycles. The molecule has 0 aliphatic carbocycles. The summed E-state index contributed by atoms with van der Waals surface area (Å²) in [5.74, 6) is 0.320. The second-order valence-electron chi connectivity index (χ2n) is 4.93. The van der Waals surface area contributed by atoms with Gasteiger partial charge >= 0.3 is 0 Å². The second kappa shape index (κ2) is 6.55. The summed E-state index contributed by atoms with van der Waals surface area (Å²) in [6.45, 7) is 5.05. The van der Waals surface area contributed by atoms with Gasteiger partial charge in [-0.25, -0.2) is 0 Å². The Morgan fingerprint density at radius 1 is 1.30 bits per heavy atom. The van der Waals surface area contributed by atoms with Crippen LogP contribution in [0.5, 0.6) is 5.75 Å². The number of nitrogens with zero attached hydrogens (tertiary/aromatic N) is 1. The molecule has 4 nitrogen and oxygen atoms in total. The number of hydrogen-bond acceptors (Lipinski definition) is 3. The summed E-state index contributed by atoms with van der Waals surface area (Å²) in [6.07, 6.45) is 1.97. The number of carbonyl (C=O) groups excluding carboxylic acids is 2. The normalized spacial score (nSPS) is 19.0. The van der Waals surface area contributed by atoms with Crippen LogP contribution >= 0.6 is 0 Å². The number of ketones is 1. The average Bonchev–Trinajstić information content (AvgIpc) is 2.48. The van der Waals surface area contributed by atoms with E-state index >= 15 is 0 Å². The zero-order chi connectivity index (χ0) is 14.5. The fourth-order valence-electron chi connectivity index (χ4n) is 2.57. The fraction of sp³-hybridized carbons (Fsp3) is 0.500. The van der Waals surface area contributed by atoms with E-state index in [1.165, 1.54) is 0 Å². The highest BCUT2D eigenvalue weighted by Crippen LogP contribution is 2.27. The van der Waals surface area contributed by atoms with Crippen LogP contribution in [0, 0.1) is 5.92 Å². The van der Waals surface area contributed by atoms with Crippen molar-refractivity contribution in [3.63, 3.8) is 0 Å². The van der Waals surface area contributed by atoms with E-state index in [1.54, 1.807) is 4.90 Å². The van der Waals surface area contributed by atoms with Crippen molar-refractivity contribution < 1.29 is 14.3 Å². The van der Waals surface area contributed by atoms with E-state index in [2.05, 4.69) is 0 Å². The SMILES string of the molecule is CCOc1ccc(N2CCCC(C(=O)CC)C2=O)cc1. The lowest BCUT2D eigenvalue weighted by atomic mass is 9.91. The average molecular weight is 275 g/mol. The van der Waals surface area contributed by atoms with Gasteiger partial charge in [0.05, 0.1) is 12.5 Å². The largest absolute Gasteiger partial charge is 0.494 e. The molecule has 20 heavy (non-hydrogen) atoms. The Hall–Kier alpha value is -1.84. The van der Waals surface area contributed by atoms with Crippen molar-refractivity contribution >= 4 is 17.4 Å². The van der Waals surface area contributed by atoms with Gasteiger partial charge in [-0.2, -0.15) is 0 Å². The Balaban J connectivity index is 2.14. The summed E-state index contributed by atoms with van der Waals surface area (Å²) in [4.78, 5) is 26.0. The first kappa shape index (κ1) is 14.6. The van der Waals surface area contributed by atoms with Gasteiger partial charge in [-0.3, -0.25) is 9.59 Å². The van der Waals surface area contributed by atoms with Crippen LogP contribution < -0.4 is 9.64 Å². The summed E-state index contributed by atoms with van der Waals surface area (Å²) < 4.78 is 5.39. The Morgan fingerprint density at radius 2 is 2.00 bits per heavy atom. The van der Waals surface area contributed by atoms with Gasteiger partial charge < -0.3 is 9.64 Å². The predicted octanol–water partition coefficient (Wildman–Crippen LogP) is 2.81. The first-order valence-electron chi connectivity index (χ1n) is 7.24. The van der Waals surface area contributed by atoms with E-state index < -0.39 is 5.92 Å². The summed E-state index contributed by atoms with van der Waals surface area (Å²) in [5.41, 5.74) is 0.840. The van der Waals surface area contributed by atoms with Crippen LogP contribution in [0.3, 0.4) is 0 Å². The van der Waals surface area contributed by atoms with E-state index in [9.17, 15) is 9.59 Å². The maximum Gasteiger partial charge on any atom is 0.237 e. The zero-order valence-electron chi connectivity index (χ0n) is 12.1. The van der Waals surface area contributed by atoms with Gasteiger partial charge in [0.25, 0.3) is 0 Å². The lowest BCUT2D eigenvalue weighted by molar-refractivity contribution is -0.133. The maximum absolute atomic E-state index is 12.4. The lowest BCUT2D eigenvalue weighted by Gasteiger charge is -2.31. The molecule has 1 saturated heterocycles. The van der Waals surface area contributed by atoms with Crippen molar-refractivity contribution in [2.24, 2.45) is 5.92 Å². The van der Waals surface area contributed by atoms with Gasteiger partial charge in [0.1, 0.15) is 11.5 Å². The Kier molecular flexibility index (Phi) is 4.77. The molecule has 1 aromatic rings. The highest BCUT2D eigenvalue weighted by molar-refractivity contribution is 6.08. The monoisotopic (exact) mass is 275 g/mol. The van der Waals surface area contributed by atoms with Gasteiger partial charge in [0.2, 0.25) is 5.91 Å². The molecule has 1 heterocycles. The second-order valence-corrected chi connectivity index (χ2v) is 4.93. The number of rotatable bonds is 5. The van der Waals surface area contributed by atoms with E-state index in [0.717, 1.165) is 17.9 Å². The standard InChI is InChI=1S/C16H21NO3/c1-3-15(18)14-6-5-11-17(16(14)19)12-7-9-13(10-8-12)20-4-2/h7-10,14H,3-6,11H2,1-2H3. The highest BCUT2D eigenvalue weighted by atomic mass is 16.5. The minimum atomic E-state index is -0.458. The van der Waals surface area contributed by atoms with Crippen LogP contribution in [0.2, 0.25) is 0 Å². The number of Topliss-reactive ketones (excluding diaryl/α,β-unsaturated/α-hetero) is 1. The highest BCUT2D eigenvalue weighted by Gasteiger charge is 2.33. The van der Waals surface area contributed by atoms with Gasteiger partial charge in [-0.1, -0.05) is 6.92 Å². The number of hydrogen-bond donors (Lipinski definition) is 0. The van der Waals surface area contributed by atoms with Crippen molar-refractivity contribution in [3.05, 3.63) is 24.3 Å². The van der Waals surface area contributed by atoms with Crippen LogP contribution in [0.15, 0.2) is 24.3 Å². The van der Waals surface area contributed by atoms with Crippen LogP contribution in [0.25, 0.3) is 0 Å². The van der Waals surface area contributed by atoms with Crippen LogP contribution in [-0.2, 0) is 9.59 Å². The third-order valence-electron chi connectivity index (χ3n) is 3.64. The number of anilines is 1. The van der Waals surface area contributed by atoms with Crippen molar-refractivity contribution in [1.29, 1.82) is 0 Å². The molecule has 108 valence electrons. The predicted molar refractivity (Wildman–Crippen MR) is 78.0 cm³/mol. The third kappa shape index (κ3) is 3.00. The maximum atomic E-state index is 12.4. The molecule has 2 rings (SSSR count). The molecule has 0 radical (unpaired) electrons. The molecule has 0 bridgehead atoms. The van der Waals surface area contributed by atoms with Gasteiger partial charge in [0.15, 0.2) is 0 Å². The summed E-state index contributed by atoms with van der Waals surface area (Å²) in [5, 5.41) is 0. The Morgan fingerprint density at radius 3 is 2.60 bits per heavy atom. The minimum absolute atomic E-state index is 0.0469. The van der Waals surface area contributed by atoms with E-state index in [4.69, 9.17) is 4.74 Å². The third-order valence-corrected chi connectivity index (χ3v) is 3.64. The van der Waals surface area contributed by atoms with Crippen molar-refractivity contribution in [2.45, 2.75) is 33.1 Å². The molecule has 0 spiro atoms.